The van der Waals surface area contributed by atoms with E-state index in [0.717, 1.165) is 26.9 Å². The lowest BCUT2D eigenvalue weighted by molar-refractivity contribution is 0.0529. The zero-order chi connectivity index (χ0) is 22.1. The minimum atomic E-state index is -0.443. The number of benzene rings is 1. The standard InChI is InChI=1S/C23H21ClN2O3S2/c1-4-26-17-9-8-14(24)11-15(17)13(3)20(26)21(27)25-22-19(23(28)29-5-2)16(12-31-22)18-7-6-10-30-18/h6-12H,4-5H2,1-3H3,(H,25,27). The molecule has 0 unspecified atom stereocenters. The number of aryl methyl sites for hydroxylation is 2. The maximum atomic E-state index is 13.4. The fourth-order valence-corrected chi connectivity index (χ4v) is 5.69. The van der Waals surface area contributed by atoms with Crippen molar-refractivity contribution in [3.8, 4) is 10.4 Å². The smallest absolute Gasteiger partial charge is 0.341 e. The molecule has 0 saturated heterocycles. The molecule has 0 saturated carbocycles. The average Bonchev–Trinajstić information content (AvgIpc) is 3.46. The van der Waals surface area contributed by atoms with Gasteiger partial charge in [0.1, 0.15) is 16.3 Å². The van der Waals surface area contributed by atoms with Crippen molar-refractivity contribution >= 4 is 62.1 Å². The number of amides is 1. The van der Waals surface area contributed by atoms with Gasteiger partial charge in [0.05, 0.1) is 6.61 Å². The number of aromatic nitrogens is 1. The van der Waals surface area contributed by atoms with Crippen molar-refractivity contribution in [3.05, 3.63) is 62.9 Å². The van der Waals surface area contributed by atoms with Crippen LogP contribution in [0.4, 0.5) is 5.00 Å². The molecule has 8 heteroatoms. The number of hydrogen-bond acceptors (Lipinski definition) is 5. The first-order valence-electron chi connectivity index (χ1n) is 9.88. The van der Waals surface area contributed by atoms with Gasteiger partial charge in [-0.2, -0.15) is 0 Å². The monoisotopic (exact) mass is 472 g/mol. The topological polar surface area (TPSA) is 60.3 Å². The van der Waals surface area contributed by atoms with Crippen molar-refractivity contribution < 1.29 is 14.3 Å². The molecule has 160 valence electrons. The Morgan fingerprint density at radius 1 is 1.19 bits per heavy atom. The molecule has 1 amide bonds. The molecule has 4 aromatic rings. The number of carbonyl (C=O) groups excluding carboxylic acids is 2. The highest BCUT2D eigenvalue weighted by molar-refractivity contribution is 7.17. The Kier molecular flexibility index (Phi) is 6.18. The molecule has 1 aromatic carbocycles. The molecule has 0 atom stereocenters. The van der Waals surface area contributed by atoms with E-state index in [1.165, 1.54) is 22.7 Å². The van der Waals surface area contributed by atoms with E-state index >= 15 is 0 Å². The molecule has 0 radical (unpaired) electrons. The molecule has 3 heterocycles. The predicted octanol–water partition coefficient (Wildman–Crippen LogP) is 6.84. The van der Waals surface area contributed by atoms with Crippen LogP contribution in [-0.4, -0.2) is 23.1 Å². The van der Waals surface area contributed by atoms with Crippen LogP contribution in [0, 0.1) is 6.92 Å². The summed E-state index contributed by atoms with van der Waals surface area (Å²) in [6.45, 7) is 6.56. The lowest BCUT2D eigenvalue weighted by Gasteiger charge is -2.11. The van der Waals surface area contributed by atoms with Crippen LogP contribution < -0.4 is 5.32 Å². The summed E-state index contributed by atoms with van der Waals surface area (Å²) in [4.78, 5) is 27.1. The molecule has 31 heavy (non-hydrogen) atoms. The third-order valence-electron chi connectivity index (χ3n) is 5.09. The number of nitrogens with zero attached hydrogens (tertiary/aromatic N) is 1. The van der Waals surface area contributed by atoms with Crippen LogP contribution in [0.25, 0.3) is 21.3 Å². The lowest BCUT2D eigenvalue weighted by Crippen LogP contribution is -2.19. The Labute approximate surface area is 193 Å². The van der Waals surface area contributed by atoms with Crippen LogP contribution in [0.15, 0.2) is 41.1 Å². The second-order valence-electron chi connectivity index (χ2n) is 6.88. The van der Waals surface area contributed by atoms with Crippen molar-refractivity contribution in [2.45, 2.75) is 27.3 Å². The largest absolute Gasteiger partial charge is 0.462 e. The van der Waals surface area contributed by atoms with Gasteiger partial charge in [0, 0.05) is 38.3 Å². The SMILES string of the molecule is CCOC(=O)c1c(-c2cccs2)csc1NC(=O)c1c(C)c2cc(Cl)ccc2n1CC. The fraction of sp³-hybridized carbons (Fsp3) is 0.217. The highest BCUT2D eigenvalue weighted by Crippen LogP contribution is 2.39. The van der Waals surface area contributed by atoms with E-state index in [9.17, 15) is 9.59 Å². The summed E-state index contributed by atoms with van der Waals surface area (Å²) < 4.78 is 7.25. The Morgan fingerprint density at radius 2 is 2.00 bits per heavy atom. The maximum absolute atomic E-state index is 13.4. The number of hydrogen-bond donors (Lipinski definition) is 1. The summed E-state index contributed by atoms with van der Waals surface area (Å²) in [5.41, 5.74) is 3.52. The number of thiophene rings is 2. The highest BCUT2D eigenvalue weighted by atomic mass is 35.5. The second kappa shape index (κ2) is 8.86. The number of ether oxygens (including phenoxy) is 1. The van der Waals surface area contributed by atoms with Gasteiger partial charge in [-0.1, -0.05) is 17.7 Å². The zero-order valence-corrected chi connectivity index (χ0v) is 19.7. The van der Waals surface area contributed by atoms with Crippen molar-refractivity contribution in [2.24, 2.45) is 0 Å². The molecule has 0 aliphatic carbocycles. The molecular formula is C23H21ClN2O3S2. The van der Waals surface area contributed by atoms with E-state index in [1.807, 2.05) is 59.5 Å². The number of halogens is 1. The number of carbonyl (C=O) groups is 2. The first-order chi connectivity index (χ1) is 15.0. The predicted molar refractivity (Wildman–Crippen MR) is 129 cm³/mol. The van der Waals surface area contributed by atoms with Gasteiger partial charge in [-0.3, -0.25) is 4.79 Å². The number of anilines is 1. The quantitative estimate of drug-likeness (QED) is 0.312. The van der Waals surface area contributed by atoms with Gasteiger partial charge in [-0.15, -0.1) is 22.7 Å². The highest BCUT2D eigenvalue weighted by Gasteiger charge is 2.26. The third-order valence-corrected chi connectivity index (χ3v) is 7.13. The van der Waals surface area contributed by atoms with Crippen LogP contribution in [0.5, 0.6) is 0 Å². The molecule has 0 spiro atoms. The number of esters is 1. The van der Waals surface area contributed by atoms with E-state index in [2.05, 4.69) is 5.32 Å². The Morgan fingerprint density at radius 3 is 2.68 bits per heavy atom. The Hall–Kier alpha value is -2.61. The van der Waals surface area contributed by atoms with Crippen LogP contribution >= 0.6 is 34.3 Å². The zero-order valence-electron chi connectivity index (χ0n) is 17.3. The summed E-state index contributed by atoms with van der Waals surface area (Å²) in [6, 6.07) is 9.50. The summed E-state index contributed by atoms with van der Waals surface area (Å²) in [6.07, 6.45) is 0. The molecule has 3 aromatic heterocycles. The summed E-state index contributed by atoms with van der Waals surface area (Å²) in [7, 11) is 0. The minimum Gasteiger partial charge on any atom is -0.462 e. The van der Waals surface area contributed by atoms with E-state index in [-0.39, 0.29) is 12.5 Å². The number of nitrogens with one attached hydrogen (secondary N) is 1. The van der Waals surface area contributed by atoms with Gasteiger partial charge in [-0.25, -0.2) is 4.79 Å². The molecule has 4 rings (SSSR count). The summed E-state index contributed by atoms with van der Waals surface area (Å²) >= 11 is 9.04. The fourth-order valence-electron chi connectivity index (χ4n) is 3.75. The summed E-state index contributed by atoms with van der Waals surface area (Å²) in [5.74, 6) is -0.709. The molecule has 1 N–H and O–H groups in total. The van der Waals surface area contributed by atoms with Crippen LogP contribution in [0.1, 0.15) is 40.3 Å². The normalized spacial score (nSPS) is 11.1. The van der Waals surface area contributed by atoms with E-state index in [4.69, 9.17) is 16.3 Å². The minimum absolute atomic E-state index is 0.260. The lowest BCUT2D eigenvalue weighted by atomic mass is 10.1. The van der Waals surface area contributed by atoms with E-state index in [0.29, 0.717) is 27.8 Å². The van der Waals surface area contributed by atoms with Gasteiger partial charge < -0.3 is 14.6 Å². The molecule has 0 aliphatic heterocycles. The van der Waals surface area contributed by atoms with Gasteiger partial charge in [0.25, 0.3) is 5.91 Å². The molecule has 0 bridgehead atoms. The van der Waals surface area contributed by atoms with Crippen LogP contribution in [0.2, 0.25) is 5.02 Å². The van der Waals surface area contributed by atoms with Crippen molar-refractivity contribution in [1.29, 1.82) is 0 Å². The first-order valence-corrected chi connectivity index (χ1v) is 12.0. The Bertz CT molecular complexity index is 1270. The number of fused-ring (bicyclic) bond motifs is 1. The van der Waals surface area contributed by atoms with E-state index < -0.39 is 5.97 Å². The van der Waals surface area contributed by atoms with Gasteiger partial charge >= 0.3 is 5.97 Å². The average molecular weight is 473 g/mol. The van der Waals surface area contributed by atoms with E-state index in [1.54, 1.807) is 6.92 Å². The van der Waals surface area contributed by atoms with Crippen LogP contribution in [0.3, 0.4) is 0 Å². The molecule has 0 aliphatic rings. The van der Waals surface area contributed by atoms with Crippen molar-refractivity contribution in [3.63, 3.8) is 0 Å². The van der Waals surface area contributed by atoms with Crippen LogP contribution in [-0.2, 0) is 11.3 Å². The maximum Gasteiger partial charge on any atom is 0.341 e. The molecule has 0 fully saturated rings. The van der Waals surface area contributed by atoms with Crippen molar-refractivity contribution in [1.82, 2.24) is 4.57 Å². The second-order valence-corrected chi connectivity index (χ2v) is 9.15. The Balaban J connectivity index is 1.78. The third kappa shape index (κ3) is 3.89. The van der Waals surface area contributed by atoms with Gasteiger partial charge in [0.15, 0.2) is 0 Å². The first kappa shape index (κ1) is 21.6. The van der Waals surface area contributed by atoms with Gasteiger partial charge in [-0.05, 0) is 56.0 Å². The molecular weight excluding hydrogens is 452 g/mol. The number of rotatable bonds is 6. The molecule has 5 nitrogen and oxygen atoms in total. The summed E-state index contributed by atoms with van der Waals surface area (Å²) in [5, 5.41) is 8.85. The van der Waals surface area contributed by atoms with Gasteiger partial charge in [0.2, 0.25) is 0 Å². The van der Waals surface area contributed by atoms with Crippen molar-refractivity contribution in [2.75, 3.05) is 11.9 Å².